The van der Waals surface area contributed by atoms with Crippen LogP contribution in [0.1, 0.15) is 82.6 Å². The smallest absolute Gasteiger partial charge is 0.153 e. The van der Waals surface area contributed by atoms with Crippen LogP contribution >= 0.6 is 17.0 Å². The first kappa shape index (κ1) is 24.3. The maximum Gasteiger partial charge on any atom is 0.153 e. The molecule has 1 aromatic rings. The lowest BCUT2D eigenvalue weighted by molar-refractivity contribution is -0.149. The third-order valence-corrected chi connectivity index (χ3v) is 11.2. The van der Waals surface area contributed by atoms with Crippen LogP contribution in [-0.2, 0) is 16.1 Å². The summed E-state index contributed by atoms with van der Waals surface area (Å²) in [6, 6.07) is 10.5. The lowest BCUT2D eigenvalue weighted by atomic mass is 9.48. The molecule has 0 aliphatic heterocycles. The van der Waals surface area contributed by atoms with Crippen molar-refractivity contribution in [2.75, 3.05) is 13.1 Å². The van der Waals surface area contributed by atoms with Crippen LogP contribution < -0.4 is 0 Å². The second-order valence-electron chi connectivity index (χ2n) is 13.9. The number of carbonyl (C=O) groups excluding carboxylic acids is 2. The van der Waals surface area contributed by atoms with E-state index in [4.69, 9.17) is 0 Å². The molecule has 0 aromatic heterocycles. The van der Waals surface area contributed by atoms with Gasteiger partial charge >= 0.3 is 0 Å². The number of hydrogen-bond acceptors (Lipinski definition) is 3. The number of benzene rings is 1. The Morgan fingerprint density at radius 2 is 0.971 bits per heavy atom. The van der Waals surface area contributed by atoms with Crippen molar-refractivity contribution in [2.45, 2.75) is 83.6 Å². The van der Waals surface area contributed by atoms with E-state index in [1.54, 1.807) is 0 Å². The monoisotopic (exact) mass is 539 g/mol. The van der Waals surface area contributed by atoms with Crippen molar-refractivity contribution in [2.24, 2.45) is 46.3 Å². The highest BCUT2D eigenvalue weighted by atomic mass is 79.9. The number of ketones is 2. The summed E-state index contributed by atoms with van der Waals surface area (Å²) in [5.41, 5.74) is 1.07. The molecule has 8 aliphatic carbocycles. The first-order valence-electron chi connectivity index (χ1n) is 14.3. The van der Waals surface area contributed by atoms with E-state index in [0.29, 0.717) is 24.7 Å². The van der Waals surface area contributed by atoms with Gasteiger partial charge in [-0.25, -0.2) is 0 Å². The maximum atomic E-state index is 14.0. The molecule has 4 heteroatoms. The molecule has 0 spiro atoms. The molecule has 0 N–H and O–H groups in total. The van der Waals surface area contributed by atoms with E-state index < -0.39 is 0 Å². The Morgan fingerprint density at radius 1 is 0.629 bits per heavy atom. The van der Waals surface area contributed by atoms with E-state index >= 15 is 0 Å². The van der Waals surface area contributed by atoms with Gasteiger partial charge in [0.25, 0.3) is 0 Å². The van der Waals surface area contributed by atoms with Crippen molar-refractivity contribution >= 4 is 28.5 Å². The van der Waals surface area contributed by atoms with Gasteiger partial charge < -0.3 is 0 Å². The van der Waals surface area contributed by atoms with Crippen molar-refractivity contribution in [3.8, 4) is 0 Å². The van der Waals surface area contributed by atoms with E-state index in [2.05, 4.69) is 35.2 Å². The third-order valence-electron chi connectivity index (χ3n) is 11.2. The van der Waals surface area contributed by atoms with Crippen LogP contribution in [0, 0.1) is 46.3 Å². The first-order valence-corrected chi connectivity index (χ1v) is 14.3. The summed E-state index contributed by atoms with van der Waals surface area (Å²) in [6.07, 6.45) is 14.9. The molecule has 0 unspecified atom stereocenters. The Morgan fingerprint density at radius 3 is 1.31 bits per heavy atom. The van der Waals surface area contributed by atoms with Crippen LogP contribution in [0.15, 0.2) is 30.3 Å². The summed E-state index contributed by atoms with van der Waals surface area (Å²) in [4.78, 5) is 30.2. The third kappa shape index (κ3) is 4.39. The molecule has 35 heavy (non-hydrogen) atoms. The maximum absolute atomic E-state index is 14.0. The molecule has 8 bridgehead atoms. The molecule has 0 saturated heterocycles. The minimum atomic E-state index is -0.0760. The van der Waals surface area contributed by atoms with Crippen molar-refractivity contribution in [1.29, 1.82) is 0 Å². The van der Waals surface area contributed by atoms with Gasteiger partial charge in [0, 0.05) is 17.4 Å². The molecule has 1 aromatic carbocycles. The second kappa shape index (κ2) is 9.08. The van der Waals surface area contributed by atoms with Crippen molar-refractivity contribution in [1.82, 2.24) is 4.90 Å². The molecule has 8 saturated carbocycles. The molecule has 190 valence electrons. The van der Waals surface area contributed by atoms with Crippen LogP contribution in [0.5, 0.6) is 0 Å². The number of hydrogen-bond donors (Lipinski definition) is 0. The average molecular weight is 541 g/mol. The summed E-state index contributed by atoms with van der Waals surface area (Å²) < 4.78 is 0. The summed E-state index contributed by atoms with van der Waals surface area (Å²) in [6.45, 7) is 1.66. The predicted molar refractivity (Wildman–Crippen MR) is 143 cm³/mol. The van der Waals surface area contributed by atoms with E-state index in [-0.39, 0.29) is 27.8 Å². The van der Waals surface area contributed by atoms with E-state index in [1.807, 2.05) is 0 Å². The quantitative estimate of drug-likeness (QED) is 0.371. The van der Waals surface area contributed by atoms with Gasteiger partial charge in [-0.1, -0.05) is 30.3 Å². The second-order valence-corrected chi connectivity index (χ2v) is 13.9. The van der Waals surface area contributed by atoms with Crippen LogP contribution in [-0.4, -0.2) is 29.6 Å². The molecule has 0 radical (unpaired) electrons. The molecule has 9 rings (SSSR count). The topological polar surface area (TPSA) is 37.4 Å². The molecule has 0 atom stereocenters. The Labute approximate surface area is 221 Å². The number of carbonyl (C=O) groups is 2. The van der Waals surface area contributed by atoms with E-state index in [0.717, 1.165) is 80.6 Å². The zero-order chi connectivity index (χ0) is 22.9. The Balaban J connectivity index is 0.00000229. The fourth-order valence-corrected chi connectivity index (χ4v) is 10.7. The Hall–Kier alpha value is -1.00. The Bertz CT molecular complexity index is 843. The number of halogens is 1. The number of nitrogens with zero attached hydrogens (tertiary/aromatic N) is 1. The normalized spacial score (nSPS) is 42.3. The standard InChI is InChI=1S/C31H41NO2.BrH/c33-28(30-12-22-6-23(13-30)8-24(7-22)14-30)19-32(18-21-4-2-1-3-5-21)20-29(34)31-15-25-9-26(16-31)11-27(10-25)17-31;/h1-5,22-27H,6-20H2;1H. The highest BCUT2D eigenvalue weighted by Crippen LogP contribution is 2.61. The SMILES string of the molecule is Br.O=C(CN(CC(=O)C12CC3CC(CC(C3)C1)C2)Cc1ccccc1)C12CC3CC(CC(C3)C1)C2. The zero-order valence-corrected chi connectivity index (χ0v) is 22.8. The van der Waals surface area contributed by atoms with Crippen molar-refractivity contribution < 1.29 is 9.59 Å². The molecule has 3 nitrogen and oxygen atoms in total. The fourth-order valence-electron chi connectivity index (χ4n) is 10.7. The van der Waals surface area contributed by atoms with Crippen LogP contribution in [0.3, 0.4) is 0 Å². The average Bonchev–Trinajstić information content (AvgIpc) is 2.78. The van der Waals surface area contributed by atoms with Crippen LogP contribution in [0.25, 0.3) is 0 Å². The summed E-state index contributed by atoms with van der Waals surface area (Å²) in [7, 11) is 0. The fraction of sp³-hybridized carbons (Fsp3) is 0.742. The highest BCUT2D eigenvalue weighted by molar-refractivity contribution is 8.93. The number of rotatable bonds is 8. The summed E-state index contributed by atoms with van der Waals surface area (Å²) >= 11 is 0. The number of Topliss-reactive ketones (excluding diaryl/α,β-unsaturated/α-hetero) is 2. The summed E-state index contributed by atoms with van der Waals surface area (Å²) in [5.74, 6) is 5.62. The zero-order valence-electron chi connectivity index (χ0n) is 21.1. The summed E-state index contributed by atoms with van der Waals surface area (Å²) in [5, 5.41) is 0. The molecule has 8 aliphatic rings. The van der Waals surface area contributed by atoms with Crippen molar-refractivity contribution in [3.05, 3.63) is 35.9 Å². The lowest BCUT2D eigenvalue weighted by Crippen LogP contribution is -2.54. The minimum absolute atomic E-state index is 0. The van der Waals surface area contributed by atoms with Crippen LogP contribution in [0.2, 0.25) is 0 Å². The van der Waals surface area contributed by atoms with Crippen molar-refractivity contribution in [3.63, 3.8) is 0 Å². The van der Waals surface area contributed by atoms with Gasteiger partial charge in [0.2, 0.25) is 0 Å². The van der Waals surface area contributed by atoms with Gasteiger partial charge in [0.1, 0.15) is 0 Å². The predicted octanol–water partition coefficient (Wildman–Crippen LogP) is 6.64. The van der Waals surface area contributed by atoms with Gasteiger partial charge in [-0.3, -0.25) is 14.5 Å². The highest BCUT2D eigenvalue weighted by Gasteiger charge is 2.56. The first-order chi connectivity index (χ1) is 16.5. The van der Waals surface area contributed by atoms with Gasteiger partial charge in [0.15, 0.2) is 11.6 Å². The minimum Gasteiger partial charge on any atom is -0.298 e. The molecule has 0 amide bonds. The van der Waals surface area contributed by atoms with Gasteiger partial charge in [-0.05, 0) is 118 Å². The lowest BCUT2D eigenvalue weighted by Gasteiger charge is -2.56. The molecular weight excluding hydrogens is 498 g/mol. The van der Waals surface area contributed by atoms with Gasteiger partial charge in [0.05, 0.1) is 13.1 Å². The largest absolute Gasteiger partial charge is 0.298 e. The molecular formula is C31H42BrNO2. The molecule has 8 fully saturated rings. The molecule has 0 heterocycles. The van der Waals surface area contributed by atoms with Gasteiger partial charge in [-0.15, -0.1) is 17.0 Å². The van der Waals surface area contributed by atoms with Crippen LogP contribution in [0.4, 0.5) is 0 Å². The van der Waals surface area contributed by atoms with E-state index in [9.17, 15) is 9.59 Å². The Kier molecular flexibility index (Phi) is 6.32. The van der Waals surface area contributed by atoms with E-state index in [1.165, 1.54) is 44.1 Å². The van der Waals surface area contributed by atoms with Gasteiger partial charge in [-0.2, -0.15) is 0 Å².